The molecule has 2 heterocycles. The summed E-state index contributed by atoms with van der Waals surface area (Å²) in [4.78, 5) is 30.6. The number of amides is 2. The van der Waals surface area contributed by atoms with Crippen LogP contribution in [0.1, 0.15) is 51.0 Å². The zero-order chi connectivity index (χ0) is 18.4. The number of hydrogen-bond donors (Lipinski definition) is 2. The molecule has 2 amide bonds. The summed E-state index contributed by atoms with van der Waals surface area (Å²) in [7, 11) is 0. The third-order valence-corrected chi connectivity index (χ3v) is 5.16. The van der Waals surface area contributed by atoms with Gasteiger partial charge in [0.2, 0.25) is 11.8 Å². The normalized spacial score (nSPS) is 15.8. The van der Waals surface area contributed by atoms with E-state index in [4.69, 9.17) is 0 Å². The van der Waals surface area contributed by atoms with E-state index >= 15 is 0 Å². The molecule has 1 unspecified atom stereocenters. The molecule has 1 aromatic carbocycles. The molecule has 0 spiro atoms. The number of nitrogens with one attached hydrogen (secondary N) is 2. The Kier molecular flexibility index (Phi) is 6.31. The number of hydrogen-bond acceptors (Lipinski definition) is 2. The van der Waals surface area contributed by atoms with Crippen molar-refractivity contribution in [3.63, 3.8) is 0 Å². The molecule has 5 heteroatoms. The van der Waals surface area contributed by atoms with E-state index in [2.05, 4.69) is 23.3 Å². The van der Waals surface area contributed by atoms with Gasteiger partial charge in [0.15, 0.2) is 0 Å². The van der Waals surface area contributed by atoms with Crippen LogP contribution in [0.15, 0.2) is 30.5 Å². The molecule has 5 nitrogen and oxygen atoms in total. The van der Waals surface area contributed by atoms with Crippen LogP contribution in [0.2, 0.25) is 0 Å². The number of rotatable bonds is 7. The van der Waals surface area contributed by atoms with Crippen molar-refractivity contribution in [3.8, 4) is 0 Å². The standard InChI is InChI=1S/C21H29N3O2/c1-2-3-11-20(25)23-19(21(26)24-12-7-4-8-13-24)14-16-15-22-18-10-6-5-9-17(16)18/h5-6,9-10,15,19,22H,2-4,7-8,11-14H2,1H3,(H,23,25). The molecular weight excluding hydrogens is 326 g/mol. The average Bonchev–Trinajstić information content (AvgIpc) is 3.09. The minimum Gasteiger partial charge on any atom is -0.361 e. The van der Waals surface area contributed by atoms with Gasteiger partial charge in [-0.25, -0.2) is 0 Å². The molecule has 3 rings (SSSR count). The first-order valence-electron chi connectivity index (χ1n) is 9.82. The van der Waals surface area contributed by atoms with E-state index in [0.29, 0.717) is 12.8 Å². The highest BCUT2D eigenvalue weighted by Crippen LogP contribution is 2.20. The van der Waals surface area contributed by atoms with E-state index in [1.54, 1.807) is 0 Å². The highest BCUT2D eigenvalue weighted by Gasteiger charge is 2.27. The zero-order valence-electron chi connectivity index (χ0n) is 15.6. The number of unbranched alkanes of at least 4 members (excludes halogenated alkanes) is 1. The summed E-state index contributed by atoms with van der Waals surface area (Å²) in [6.07, 6.45) is 8.07. The number of likely N-dealkylation sites (tertiary alicyclic amines) is 1. The Morgan fingerprint density at radius 1 is 1.19 bits per heavy atom. The highest BCUT2D eigenvalue weighted by molar-refractivity contribution is 5.89. The zero-order valence-corrected chi connectivity index (χ0v) is 15.6. The van der Waals surface area contributed by atoms with Gasteiger partial charge in [-0.2, -0.15) is 0 Å². The maximum Gasteiger partial charge on any atom is 0.245 e. The lowest BCUT2D eigenvalue weighted by Crippen LogP contribution is -2.51. The lowest BCUT2D eigenvalue weighted by atomic mass is 10.0. The molecule has 2 aromatic rings. The lowest BCUT2D eigenvalue weighted by Gasteiger charge is -2.30. The van der Waals surface area contributed by atoms with E-state index in [0.717, 1.165) is 55.2 Å². The number of benzene rings is 1. The van der Waals surface area contributed by atoms with Crippen LogP contribution >= 0.6 is 0 Å². The summed E-state index contributed by atoms with van der Waals surface area (Å²) in [5.74, 6) is 0.0295. The Hall–Kier alpha value is -2.30. The van der Waals surface area contributed by atoms with Crippen LogP contribution in [-0.4, -0.2) is 40.8 Å². The van der Waals surface area contributed by atoms with Gasteiger partial charge in [0.05, 0.1) is 0 Å². The number of aromatic nitrogens is 1. The molecule has 1 saturated heterocycles. The van der Waals surface area contributed by atoms with Crippen molar-refractivity contribution >= 4 is 22.7 Å². The number of fused-ring (bicyclic) bond motifs is 1. The molecule has 1 aliphatic rings. The molecule has 1 atom stereocenters. The summed E-state index contributed by atoms with van der Waals surface area (Å²) in [5, 5.41) is 4.13. The van der Waals surface area contributed by atoms with Gasteiger partial charge >= 0.3 is 0 Å². The van der Waals surface area contributed by atoms with Crippen molar-refractivity contribution in [2.24, 2.45) is 0 Å². The SMILES string of the molecule is CCCCC(=O)NC(Cc1c[nH]c2ccccc12)C(=O)N1CCCCC1. The summed E-state index contributed by atoms with van der Waals surface area (Å²) < 4.78 is 0. The molecule has 1 aromatic heterocycles. The predicted octanol–water partition coefficient (Wildman–Crippen LogP) is 3.40. The number of carbonyl (C=O) groups excluding carboxylic acids is 2. The molecule has 1 fully saturated rings. The Morgan fingerprint density at radius 2 is 1.96 bits per heavy atom. The number of piperidine rings is 1. The van der Waals surface area contributed by atoms with Crippen molar-refractivity contribution in [2.45, 2.75) is 57.9 Å². The molecule has 0 aliphatic carbocycles. The molecule has 0 radical (unpaired) electrons. The first-order chi connectivity index (χ1) is 12.7. The van der Waals surface area contributed by atoms with Gasteiger partial charge in [-0.05, 0) is 37.3 Å². The lowest BCUT2D eigenvalue weighted by molar-refractivity contribution is -0.137. The van der Waals surface area contributed by atoms with Gasteiger partial charge in [-0.1, -0.05) is 31.5 Å². The maximum absolute atomic E-state index is 13.1. The van der Waals surface area contributed by atoms with E-state index in [1.807, 2.05) is 29.3 Å². The van der Waals surface area contributed by atoms with Gasteiger partial charge < -0.3 is 15.2 Å². The average molecular weight is 355 g/mol. The minimum absolute atomic E-state index is 0.0259. The van der Waals surface area contributed by atoms with Crippen molar-refractivity contribution in [2.75, 3.05) is 13.1 Å². The number of carbonyl (C=O) groups is 2. The van der Waals surface area contributed by atoms with E-state index in [9.17, 15) is 9.59 Å². The van der Waals surface area contributed by atoms with E-state index in [1.165, 1.54) is 6.42 Å². The Labute approximate surface area is 155 Å². The Balaban J connectivity index is 1.77. The molecular formula is C21H29N3O2. The van der Waals surface area contributed by atoms with Crippen molar-refractivity contribution in [1.29, 1.82) is 0 Å². The Morgan fingerprint density at radius 3 is 2.73 bits per heavy atom. The van der Waals surface area contributed by atoms with Gasteiger partial charge in [0.25, 0.3) is 0 Å². The van der Waals surface area contributed by atoms with Crippen LogP contribution < -0.4 is 5.32 Å². The van der Waals surface area contributed by atoms with Crippen molar-refractivity contribution < 1.29 is 9.59 Å². The van der Waals surface area contributed by atoms with Crippen molar-refractivity contribution in [1.82, 2.24) is 15.2 Å². The van der Waals surface area contributed by atoms with Crippen LogP contribution in [-0.2, 0) is 16.0 Å². The van der Waals surface area contributed by atoms with Crippen molar-refractivity contribution in [3.05, 3.63) is 36.0 Å². The molecule has 1 aliphatic heterocycles. The fraction of sp³-hybridized carbons (Fsp3) is 0.524. The molecule has 0 bridgehead atoms. The maximum atomic E-state index is 13.1. The second-order valence-electron chi connectivity index (χ2n) is 7.17. The van der Waals surface area contributed by atoms with E-state index in [-0.39, 0.29) is 11.8 Å². The highest BCUT2D eigenvalue weighted by atomic mass is 16.2. The third-order valence-electron chi connectivity index (χ3n) is 5.16. The fourth-order valence-electron chi connectivity index (χ4n) is 3.66. The third kappa shape index (κ3) is 4.45. The van der Waals surface area contributed by atoms with Gasteiger partial charge in [0, 0.05) is 43.0 Å². The molecule has 2 N–H and O–H groups in total. The summed E-state index contributed by atoms with van der Waals surface area (Å²) in [6.45, 7) is 3.66. The number of para-hydroxylation sites is 1. The van der Waals surface area contributed by atoms with Crippen LogP contribution in [0.4, 0.5) is 0 Å². The number of H-pyrrole nitrogens is 1. The van der Waals surface area contributed by atoms with Crippen LogP contribution in [0.5, 0.6) is 0 Å². The monoisotopic (exact) mass is 355 g/mol. The molecule has 140 valence electrons. The van der Waals surface area contributed by atoms with Gasteiger partial charge in [-0.15, -0.1) is 0 Å². The second kappa shape index (κ2) is 8.88. The van der Waals surface area contributed by atoms with Crippen LogP contribution in [0.25, 0.3) is 10.9 Å². The first kappa shape index (κ1) is 18.5. The van der Waals surface area contributed by atoms with Crippen LogP contribution in [0, 0.1) is 0 Å². The minimum atomic E-state index is -0.489. The topological polar surface area (TPSA) is 65.2 Å². The Bertz CT molecular complexity index is 747. The summed E-state index contributed by atoms with van der Waals surface area (Å²) in [6, 6.07) is 7.59. The summed E-state index contributed by atoms with van der Waals surface area (Å²) in [5.41, 5.74) is 2.13. The summed E-state index contributed by atoms with van der Waals surface area (Å²) >= 11 is 0. The van der Waals surface area contributed by atoms with Gasteiger partial charge in [0.1, 0.15) is 6.04 Å². The number of aromatic amines is 1. The van der Waals surface area contributed by atoms with Gasteiger partial charge in [-0.3, -0.25) is 9.59 Å². The molecule has 26 heavy (non-hydrogen) atoms. The molecule has 0 saturated carbocycles. The number of nitrogens with zero attached hydrogens (tertiary/aromatic N) is 1. The largest absolute Gasteiger partial charge is 0.361 e. The second-order valence-corrected chi connectivity index (χ2v) is 7.17. The first-order valence-corrected chi connectivity index (χ1v) is 9.82. The van der Waals surface area contributed by atoms with Crippen LogP contribution in [0.3, 0.4) is 0 Å². The van der Waals surface area contributed by atoms with E-state index < -0.39 is 6.04 Å². The predicted molar refractivity (Wildman–Crippen MR) is 104 cm³/mol. The fourth-order valence-corrected chi connectivity index (χ4v) is 3.66. The quantitative estimate of drug-likeness (QED) is 0.799. The smallest absolute Gasteiger partial charge is 0.245 e.